The number of nitrogens with one attached hydrogen (secondary N) is 3. The summed E-state index contributed by atoms with van der Waals surface area (Å²) in [6, 6.07) is 4.70. The minimum atomic E-state index is -4.43. The number of nitrogens with two attached hydrogens (primary N) is 6. The van der Waals surface area contributed by atoms with Gasteiger partial charge in [0.15, 0.2) is 112 Å². The molecule has 8 unspecified atom stereocenters. The van der Waals surface area contributed by atoms with Gasteiger partial charge in [-0.3, -0.25) is 79.3 Å². The summed E-state index contributed by atoms with van der Waals surface area (Å²) < 4.78 is 187. The molecule has 11 fully saturated rings. The molecule has 11 aliphatic rings. The van der Waals surface area contributed by atoms with Gasteiger partial charge in [-0.25, -0.2) is 57.6 Å². The Labute approximate surface area is 784 Å². The second-order valence-electron chi connectivity index (χ2n) is 31.9. The molecule has 57 nitrogen and oxygen atoms in total. The number of alkyl halides is 3. The summed E-state index contributed by atoms with van der Waals surface area (Å²) in [6.45, 7) is -28.6. The Balaban J connectivity index is 0.000000122. The Morgan fingerprint density at radius 1 is 0.404 bits per heavy atom. The highest BCUT2D eigenvalue weighted by molar-refractivity contribution is 8.44. The van der Waals surface area contributed by atoms with Crippen LogP contribution in [0.2, 0.25) is 0 Å². The van der Waals surface area contributed by atoms with Gasteiger partial charge >= 0.3 is 40.4 Å². The van der Waals surface area contributed by atoms with Gasteiger partial charge in [0.25, 0.3) is 16.7 Å². The smallest absolute Gasteiger partial charge is 0.386 e. The second-order valence-corrected chi connectivity index (χ2v) is 48.8. The van der Waals surface area contributed by atoms with E-state index in [-0.39, 0.29) is 94.4 Å². The van der Waals surface area contributed by atoms with Crippen LogP contribution in [0.15, 0.2) is 82.8 Å². The zero-order chi connectivity index (χ0) is 95.3. The van der Waals surface area contributed by atoms with Gasteiger partial charge in [-0.05, 0) is 77.2 Å². The van der Waals surface area contributed by atoms with Crippen LogP contribution in [0.5, 0.6) is 0 Å². The van der Waals surface area contributed by atoms with Crippen LogP contribution < -0.4 is 51.1 Å². The third kappa shape index (κ3) is 17.3. The summed E-state index contributed by atoms with van der Waals surface area (Å²) in [5.74, 6) is -0.631. The van der Waals surface area contributed by atoms with E-state index in [1.807, 2.05) is 0 Å². The minimum Gasteiger partial charge on any atom is -0.397 e. The molecular weight excluding hydrogens is 2060 g/mol. The number of anilines is 6. The number of H-pyrrole nitrogens is 3. The lowest BCUT2D eigenvalue weighted by atomic mass is 10.0. The highest BCUT2D eigenvalue weighted by atomic mass is 32.7. The van der Waals surface area contributed by atoms with E-state index in [0.29, 0.717) is 33.7 Å². The number of rotatable bonds is 6. The van der Waals surface area contributed by atoms with E-state index in [2.05, 4.69) is 92.3 Å². The molecule has 23 heterocycles. The Morgan fingerprint density at radius 3 is 1.29 bits per heavy atom. The molecule has 0 aliphatic carbocycles. The average Bonchev–Trinajstić information content (AvgIpc) is 1.56. The number of nitrogens with zero attached hydrogens (tertiary/aromatic N) is 19. The van der Waals surface area contributed by atoms with Crippen molar-refractivity contribution in [1.29, 1.82) is 0 Å². The molecule has 12 aromatic heterocycles. The van der Waals surface area contributed by atoms with Crippen LogP contribution in [0.1, 0.15) is 43.8 Å². The molecule has 10 bridgehead atoms. The number of hydrogen-bond donors (Lipinski definition) is 15. The largest absolute Gasteiger partial charge is 0.397 e. The summed E-state index contributed by atoms with van der Waals surface area (Å²) in [6.07, 6.45) is -17.0. The molecule has 0 radical (unpaired) electrons. The zero-order valence-electron chi connectivity index (χ0n) is 68.1. The molecule has 0 aromatic carbocycles. The number of ether oxygens (including phenoxy) is 8. The van der Waals surface area contributed by atoms with Crippen LogP contribution in [0.25, 0.3) is 67.0 Å². The molecular formula is C64H71F3N28O29P6S6. The van der Waals surface area contributed by atoms with Crippen molar-refractivity contribution in [3.63, 3.8) is 0 Å². The van der Waals surface area contributed by atoms with Gasteiger partial charge < -0.3 is 124 Å². The summed E-state index contributed by atoms with van der Waals surface area (Å²) >= 11 is 30.5. The fraction of sp³-hybridized carbons (Fsp3) is 0.500. The quantitative estimate of drug-likeness (QED) is 0.0795. The fourth-order valence-corrected chi connectivity index (χ4v) is 26.0. The lowest BCUT2D eigenvalue weighted by Crippen LogP contribution is -2.45. The normalized spacial score (nSPS) is 38.7. The van der Waals surface area contributed by atoms with Crippen molar-refractivity contribution >= 4 is 214 Å². The van der Waals surface area contributed by atoms with Crippen LogP contribution in [-0.2, 0) is 156 Å². The predicted octanol–water partition coefficient (Wildman–Crippen LogP) is 0.482. The van der Waals surface area contributed by atoms with E-state index in [0.717, 1.165) is 11.0 Å². The topological polar surface area (TPSA) is 755 Å². The van der Waals surface area contributed by atoms with Crippen LogP contribution in [0.3, 0.4) is 0 Å². The number of aromatic nitrogens is 22. The first-order valence-corrected chi connectivity index (χ1v) is 55.6. The molecule has 29 atom stereocenters. The third-order valence-corrected chi connectivity index (χ3v) is 32.7. The SMILES string of the molecule is Nc1nc2c(ncn2[C@@H]2O[C@@H]3COP(O)(=S)O[C@@H]4C(F)[C@H](n5nnc6c(N)ccnc65)O[C@@H]4COP(O)(=S)OC2C3)c(=O)[nH]1.Nc1nc2c(ncn2[C@@H]2O[C@@H]3COP(O)(=S)O[C@H]4[C@H]5OC[C@]4(COP(=O)(S)O[C@@H]2[C@@H]3F)O[C@H]5n2cnc3c(N)ccnc32)c(=O)[nH]1.Nc1nc2c(ncn2[C@@H]2O[C@@H]3COP(O)(=S)O[C@H]4[C@H]5OC[C@]4(COP(O)(=S)O[C@@H]2[C@@H]3F)O[C@H]5n2cnc3c(N)ccnc32)c(=O)[nH]1. The number of imidazole rings is 5. The van der Waals surface area contributed by atoms with Gasteiger partial charge in [-0.15, -0.1) is 5.10 Å². The van der Waals surface area contributed by atoms with Crippen molar-refractivity contribution in [1.82, 2.24) is 108 Å². The number of thiol groups is 1. The van der Waals surface area contributed by atoms with Crippen molar-refractivity contribution in [2.75, 3.05) is 87.3 Å². The molecule has 12 aromatic rings. The molecule has 72 heteroatoms. The van der Waals surface area contributed by atoms with Crippen molar-refractivity contribution < 1.29 is 134 Å². The monoisotopic (exact) mass is 2130 g/mol. The Kier molecular flexibility index (Phi) is 24.4. The van der Waals surface area contributed by atoms with E-state index in [1.54, 1.807) is 21.3 Å². The Hall–Kier alpha value is -7.74. The van der Waals surface area contributed by atoms with Gasteiger partial charge in [-0.2, -0.15) is 19.6 Å². The van der Waals surface area contributed by atoms with Crippen molar-refractivity contribution in [2.45, 2.75) is 147 Å². The Bertz CT molecular complexity index is 7030. The first kappa shape index (κ1) is 94.5. The van der Waals surface area contributed by atoms with Crippen molar-refractivity contribution in [2.24, 2.45) is 0 Å². The number of fused-ring (bicyclic) bond motifs is 13. The number of pyridine rings is 3. The lowest BCUT2D eigenvalue weighted by molar-refractivity contribution is -0.183. The number of nitrogen functional groups attached to an aromatic ring is 6. The number of hydrogen-bond acceptors (Lipinski definition) is 48. The summed E-state index contributed by atoms with van der Waals surface area (Å²) in [5, 5.41) is 7.88. The van der Waals surface area contributed by atoms with Gasteiger partial charge in [0.05, 0.1) is 108 Å². The molecule has 0 saturated carbocycles. The van der Waals surface area contributed by atoms with Crippen molar-refractivity contribution in [3.05, 3.63) is 99.5 Å². The van der Waals surface area contributed by atoms with Crippen LogP contribution >= 0.6 is 52.6 Å². The lowest BCUT2D eigenvalue weighted by Gasteiger charge is -2.33. The first-order valence-electron chi connectivity index (χ1n) is 39.9. The molecule has 728 valence electrons. The third-order valence-electron chi connectivity index (χ3n) is 23.3. The molecule has 136 heavy (non-hydrogen) atoms. The van der Waals surface area contributed by atoms with E-state index < -0.39 is 230 Å². The van der Waals surface area contributed by atoms with Gasteiger partial charge in [0, 0.05) is 25.0 Å². The summed E-state index contributed by atoms with van der Waals surface area (Å²) in [4.78, 5) is 145. The fourth-order valence-electron chi connectivity index (χ4n) is 17.3. The van der Waals surface area contributed by atoms with Crippen LogP contribution in [0.4, 0.5) is 48.1 Å². The highest BCUT2D eigenvalue weighted by Crippen LogP contribution is 2.64. The standard InChI is InChI=1S/2C22H24FN9O10P2S2.C20H23FN10O9P2S2/c2*23-10-9-3-37-43(34,45)42-15-14-20(31-6-27-11-8(24)1-2-26-16(11)31)40-22(15,4-36-14)5-38-44(35,46)41-13(10)19(39-9)32-7-28-12-17(32)29-21(25)30-18(12)33;21-11-14-10(38-19(11)31-15-12(28-29-31)8(22)1-2-24-15)5-36-41(33,43)39-9-3-7(4-35-42(34,44)40-14)37-18(9)30-6-25-13-16(30)26-20(23)27-17(13)32/h2*1-2,6-7,9-10,13-15,19-20H,3-5H2,(H2,24,26)(H,34,45)(H,35,46)(H3,25,29,30,33);1-2,6-7,9-11,14,18-19H,3-5H2,(H2,22,24)(H,33,43)(H,34,44)(H3,23,26,27,32)/t2*9-,10-,13-,14-,15+,19-,20-,22-,43?,44?;7-,9?,10+,11?,14-,18+,19+,41?,42?/m110/s1. The zero-order valence-corrected chi connectivity index (χ0v) is 78.5. The second kappa shape index (κ2) is 35.1. The maximum atomic E-state index is 16.0. The maximum absolute atomic E-state index is 16.0. The van der Waals surface area contributed by atoms with E-state index in [4.69, 9.17) is 186 Å². The number of halogens is 3. The molecule has 23 rings (SSSR count). The summed E-state index contributed by atoms with van der Waals surface area (Å²) in [7, 11) is 0. The molecule has 0 spiro atoms. The van der Waals surface area contributed by atoms with Crippen molar-refractivity contribution in [3.8, 4) is 0 Å². The van der Waals surface area contributed by atoms with Crippen LogP contribution in [0, 0.1) is 0 Å². The molecule has 0 amide bonds. The van der Waals surface area contributed by atoms with Crippen LogP contribution in [-0.4, -0.2) is 288 Å². The predicted molar refractivity (Wildman–Crippen MR) is 475 cm³/mol. The van der Waals surface area contributed by atoms with Gasteiger partial charge in [-0.1, -0.05) is 17.5 Å². The average molecular weight is 2130 g/mol. The highest BCUT2D eigenvalue weighted by Gasteiger charge is 2.68. The number of aromatic amines is 3. The minimum absolute atomic E-state index is 0.0209. The van der Waals surface area contributed by atoms with Gasteiger partial charge in [0.1, 0.15) is 89.4 Å². The van der Waals surface area contributed by atoms with E-state index >= 15 is 13.2 Å². The molecule has 11 saturated heterocycles. The van der Waals surface area contributed by atoms with E-state index in [9.17, 15) is 43.4 Å². The molecule has 11 aliphatic heterocycles. The first-order chi connectivity index (χ1) is 64.6. The molecule has 20 N–H and O–H groups in total. The van der Waals surface area contributed by atoms with Gasteiger partial charge in [0.2, 0.25) is 17.8 Å². The summed E-state index contributed by atoms with van der Waals surface area (Å²) in [5.41, 5.74) is 33.0. The van der Waals surface area contributed by atoms with E-state index in [1.165, 1.54) is 63.7 Å². The maximum Gasteiger partial charge on any atom is 0.386 e. The Morgan fingerprint density at radius 2 is 0.794 bits per heavy atom.